The van der Waals surface area contributed by atoms with Gasteiger partial charge in [-0.3, -0.25) is 4.90 Å². The van der Waals surface area contributed by atoms with Crippen molar-refractivity contribution in [3.8, 4) is 0 Å². The highest BCUT2D eigenvalue weighted by atomic mass is 32.1. The second-order valence-corrected chi connectivity index (χ2v) is 8.81. The fourth-order valence-corrected chi connectivity index (χ4v) is 4.46. The van der Waals surface area contributed by atoms with Gasteiger partial charge in [-0.1, -0.05) is 60.7 Å². The van der Waals surface area contributed by atoms with Crippen molar-refractivity contribution in [2.24, 2.45) is 0 Å². The van der Waals surface area contributed by atoms with Gasteiger partial charge in [-0.25, -0.2) is 8.78 Å². The molecule has 4 nitrogen and oxygen atoms in total. The molecule has 1 heterocycles. The summed E-state index contributed by atoms with van der Waals surface area (Å²) in [7, 11) is 0. The number of alkyl halides is 2. The lowest BCUT2D eigenvalue weighted by Gasteiger charge is -2.36. The predicted octanol–water partition coefficient (Wildman–Crippen LogP) is 4.85. The topological polar surface area (TPSA) is 30.5 Å². The molecule has 0 radical (unpaired) electrons. The molecule has 1 fully saturated rings. The number of rotatable bonds is 7. The van der Waals surface area contributed by atoms with Gasteiger partial charge < -0.3 is 15.5 Å². The van der Waals surface area contributed by atoms with Gasteiger partial charge in [0.1, 0.15) is 0 Å². The van der Waals surface area contributed by atoms with Crippen LogP contribution < -0.4 is 10.6 Å². The van der Waals surface area contributed by atoms with Gasteiger partial charge in [0.2, 0.25) is 0 Å². The normalized spacial score (nSPS) is 19.1. The van der Waals surface area contributed by atoms with Crippen molar-refractivity contribution in [2.75, 3.05) is 44.6 Å². The number of allylic oxidation sites excluding steroid dienone is 2. The smallest absolute Gasteiger partial charge is 0.270 e. The van der Waals surface area contributed by atoms with E-state index in [1.165, 1.54) is 0 Å². The number of anilines is 1. The molecule has 2 aliphatic rings. The monoisotopic (exact) mass is 468 g/mol. The first-order valence-electron chi connectivity index (χ1n) is 11.4. The standard InChI is InChI=1S/C26H30F2N4S/c27-26(28)13-11-22(12-14-26)24(21-7-3-1-4-8-21)29-15-16-31-17-19-32(20-18-31)25(33)30-23-9-5-2-6-10-23/h1-13,24,29H,14-20H2,(H,30,33). The Labute approximate surface area is 200 Å². The maximum atomic E-state index is 13.6. The Balaban J connectivity index is 1.27. The quantitative estimate of drug-likeness (QED) is 0.567. The highest BCUT2D eigenvalue weighted by molar-refractivity contribution is 7.80. The van der Waals surface area contributed by atoms with Crippen molar-refractivity contribution in [1.29, 1.82) is 0 Å². The molecule has 1 saturated heterocycles. The molecule has 1 unspecified atom stereocenters. The molecule has 2 aromatic rings. The van der Waals surface area contributed by atoms with Gasteiger partial charge in [0.15, 0.2) is 5.11 Å². The zero-order valence-corrected chi connectivity index (χ0v) is 19.4. The summed E-state index contributed by atoms with van der Waals surface area (Å²) >= 11 is 5.58. The molecule has 174 valence electrons. The lowest BCUT2D eigenvalue weighted by Crippen LogP contribution is -2.51. The number of halogens is 2. The number of nitrogens with one attached hydrogen (secondary N) is 2. The maximum absolute atomic E-state index is 13.6. The highest BCUT2D eigenvalue weighted by Gasteiger charge is 2.28. The highest BCUT2D eigenvalue weighted by Crippen LogP contribution is 2.32. The van der Waals surface area contributed by atoms with Crippen LogP contribution in [0.5, 0.6) is 0 Å². The molecule has 2 N–H and O–H groups in total. The molecular formula is C26H30F2N4S. The SMILES string of the molecule is FC1(F)C=CC(C(NCCN2CCN(C(=S)Nc3ccccc3)CC2)c2ccccc2)=CC1. The van der Waals surface area contributed by atoms with Crippen LogP contribution in [-0.4, -0.2) is 60.1 Å². The molecular weight excluding hydrogens is 438 g/mol. The van der Waals surface area contributed by atoms with Crippen molar-refractivity contribution >= 4 is 23.0 Å². The van der Waals surface area contributed by atoms with Gasteiger partial charge in [-0.05, 0) is 41.6 Å². The van der Waals surface area contributed by atoms with Crippen LogP contribution in [0.3, 0.4) is 0 Å². The molecule has 0 spiro atoms. The summed E-state index contributed by atoms with van der Waals surface area (Å²) in [6.45, 7) is 5.29. The van der Waals surface area contributed by atoms with Crippen LogP contribution >= 0.6 is 12.2 Å². The van der Waals surface area contributed by atoms with Gasteiger partial charge in [0.25, 0.3) is 5.92 Å². The van der Waals surface area contributed by atoms with Gasteiger partial charge in [0.05, 0.1) is 6.04 Å². The molecule has 0 aromatic heterocycles. The van der Waals surface area contributed by atoms with E-state index in [0.29, 0.717) is 0 Å². The Hall–Kier alpha value is -2.61. The predicted molar refractivity (Wildman–Crippen MR) is 135 cm³/mol. The van der Waals surface area contributed by atoms with Crippen molar-refractivity contribution in [3.05, 3.63) is 90.0 Å². The molecule has 33 heavy (non-hydrogen) atoms. The third kappa shape index (κ3) is 6.69. The average Bonchev–Trinajstić information content (AvgIpc) is 2.84. The zero-order chi connectivity index (χ0) is 23.1. The number of benzene rings is 2. The fourth-order valence-electron chi connectivity index (χ4n) is 4.16. The van der Waals surface area contributed by atoms with Crippen LogP contribution in [0.4, 0.5) is 14.5 Å². The average molecular weight is 469 g/mol. The van der Waals surface area contributed by atoms with E-state index in [4.69, 9.17) is 12.2 Å². The Morgan fingerprint density at radius 2 is 1.64 bits per heavy atom. The molecule has 4 rings (SSSR count). The summed E-state index contributed by atoms with van der Waals surface area (Å²) in [5.41, 5.74) is 2.99. The van der Waals surface area contributed by atoms with Crippen LogP contribution in [0, 0.1) is 0 Å². The van der Waals surface area contributed by atoms with Crippen molar-refractivity contribution in [3.63, 3.8) is 0 Å². The Morgan fingerprint density at radius 1 is 0.970 bits per heavy atom. The minimum Gasteiger partial charge on any atom is -0.346 e. The Morgan fingerprint density at radius 3 is 2.27 bits per heavy atom. The van der Waals surface area contributed by atoms with E-state index >= 15 is 0 Å². The van der Waals surface area contributed by atoms with E-state index in [1.54, 1.807) is 12.2 Å². The van der Waals surface area contributed by atoms with E-state index < -0.39 is 5.92 Å². The van der Waals surface area contributed by atoms with E-state index in [-0.39, 0.29) is 12.5 Å². The van der Waals surface area contributed by atoms with Crippen LogP contribution in [0.25, 0.3) is 0 Å². The van der Waals surface area contributed by atoms with Crippen LogP contribution in [0.2, 0.25) is 0 Å². The van der Waals surface area contributed by atoms with E-state index in [1.807, 2.05) is 60.7 Å². The van der Waals surface area contributed by atoms with Crippen molar-refractivity contribution in [2.45, 2.75) is 18.4 Å². The van der Waals surface area contributed by atoms with Crippen molar-refractivity contribution in [1.82, 2.24) is 15.1 Å². The minimum atomic E-state index is -2.75. The summed E-state index contributed by atoms with van der Waals surface area (Å²) in [4.78, 5) is 4.62. The fraction of sp³-hybridized carbons (Fsp3) is 0.346. The number of thiocarbonyl (C=S) groups is 1. The second-order valence-electron chi connectivity index (χ2n) is 8.43. The largest absolute Gasteiger partial charge is 0.346 e. The molecule has 0 bridgehead atoms. The van der Waals surface area contributed by atoms with Crippen molar-refractivity contribution < 1.29 is 8.78 Å². The lowest BCUT2D eigenvalue weighted by atomic mass is 9.93. The number of hydrogen-bond donors (Lipinski definition) is 2. The molecule has 0 amide bonds. The number of hydrogen-bond acceptors (Lipinski definition) is 3. The molecule has 1 aliphatic heterocycles. The third-order valence-corrected chi connectivity index (χ3v) is 6.42. The molecule has 2 aromatic carbocycles. The zero-order valence-electron chi connectivity index (χ0n) is 18.6. The maximum Gasteiger partial charge on any atom is 0.270 e. The van der Waals surface area contributed by atoms with E-state index in [9.17, 15) is 8.78 Å². The van der Waals surface area contributed by atoms with Gasteiger partial charge >= 0.3 is 0 Å². The number of para-hydroxylation sites is 1. The molecule has 1 atom stereocenters. The first-order chi connectivity index (χ1) is 16.0. The first kappa shape index (κ1) is 23.5. The second kappa shape index (κ2) is 11.0. The van der Waals surface area contributed by atoms with Gasteiger partial charge in [-0.2, -0.15) is 0 Å². The molecule has 1 aliphatic carbocycles. The summed E-state index contributed by atoms with van der Waals surface area (Å²) in [6, 6.07) is 19.9. The summed E-state index contributed by atoms with van der Waals surface area (Å²) < 4.78 is 27.1. The number of piperazine rings is 1. The van der Waals surface area contributed by atoms with Crippen LogP contribution in [0.15, 0.2) is 84.5 Å². The molecule has 7 heteroatoms. The van der Waals surface area contributed by atoms with Gasteiger partial charge in [-0.15, -0.1) is 0 Å². The Kier molecular flexibility index (Phi) is 7.85. The number of nitrogens with zero attached hydrogens (tertiary/aromatic N) is 2. The third-order valence-electron chi connectivity index (χ3n) is 6.06. The first-order valence-corrected chi connectivity index (χ1v) is 11.8. The van der Waals surface area contributed by atoms with Crippen LogP contribution in [-0.2, 0) is 0 Å². The van der Waals surface area contributed by atoms with Crippen LogP contribution in [0.1, 0.15) is 18.0 Å². The summed E-state index contributed by atoms with van der Waals surface area (Å²) in [6.07, 6.45) is 3.99. The summed E-state index contributed by atoms with van der Waals surface area (Å²) in [5.74, 6) is -2.75. The van der Waals surface area contributed by atoms with Gasteiger partial charge in [0, 0.05) is 51.4 Å². The lowest BCUT2D eigenvalue weighted by molar-refractivity contribution is 0.0569. The Bertz CT molecular complexity index is 970. The minimum absolute atomic E-state index is 0.0949. The molecule has 0 saturated carbocycles. The summed E-state index contributed by atoms with van der Waals surface area (Å²) in [5, 5.41) is 7.65. The van der Waals surface area contributed by atoms with E-state index in [0.717, 1.165) is 67.3 Å². The van der Waals surface area contributed by atoms with E-state index in [2.05, 4.69) is 20.4 Å².